The number of alkyl halides is 3. The summed E-state index contributed by atoms with van der Waals surface area (Å²) in [5.74, 6) is 0.731. The molecule has 0 bridgehead atoms. The second-order valence-electron chi connectivity index (χ2n) is 6.14. The Morgan fingerprint density at radius 1 is 1.09 bits per heavy atom. The van der Waals surface area contributed by atoms with Gasteiger partial charge in [0.2, 0.25) is 0 Å². The summed E-state index contributed by atoms with van der Waals surface area (Å²) >= 11 is 0. The number of aryl methyl sites for hydroxylation is 1. The zero-order valence-electron chi connectivity index (χ0n) is 12.6. The van der Waals surface area contributed by atoms with Crippen LogP contribution < -0.4 is 4.74 Å². The van der Waals surface area contributed by atoms with Crippen molar-refractivity contribution in [2.45, 2.75) is 44.4 Å². The van der Waals surface area contributed by atoms with Crippen LogP contribution in [0.25, 0.3) is 11.3 Å². The number of benzene rings is 1. The van der Waals surface area contributed by atoms with E-state index in [0.29, 0.717) is 29.8 Å². The molecule has 2 aliphatic rings. The van der Waals surface area contributed by atoms with Crippen molar-refractivity contribution >= 4 is 0 Å². The van der Waals surface area contributed by atoms with Crippen molar-refractivity contribution in [3.05, 3.63) is 41.3 Å². The minimum absolute atomic E-state index is 0.117. The molecule has 1 aromatic carbocycles. The molecule has 0 saturated heterocycles. The molecule has 23 heavy (non-hydrogen) atoms. The summed E-state index contributed by atoms with van der Waals surface area (Å²) in [6.45, 7) is 1.49. The largest absolute Gasteiger partial charge is 0.482 e. The van der Waals surface area contributed by atoms with Crippen LogP contribution in [0.3, 0.4) is 0 Å². The summed E-state index contributed by atoms with van der Waals surface area (Å²) < 4.78 is 47.0. The van der Waals surface area contributed by atoms with Gasteiger partial charge in [-0.1, -0.05) is 12.1 Å². The molecule has 0 N–H and O–H groups in total. The molecule has 3 nitrogen and oxygen atoms in total. The molecule has 1 aliphatic heterocycles. The van der Waals surface area contributed by atoms with Crippen molar-refractivity contribution < 1.29 is 17.9 Å². The van der Waals surface area contributed by atoms with E-state index in [1.54, 1.807) is 18.2 Å². The molecule has 4 rings (SSSR count). The van der Waals surface area contributed by atoms with E-state index in [1.165, 1.54) is 6.92 Å². The van der Waals surface area contributed by atoms with Gasteiger partial charge in [-0.05, 0) is 44.7 Å². The van der Waals surface area contributed by atoms with Crippen LogP contribution in [0.5, 0.6) is 5.75 Å². The van der Waals surface area contributed by atoms with Crippen LogP contribution in [-0.2, 0) is 11.8 Å². The average molecular weight is 320 g/mol. The van der Waals surface area contributed by atoms with Gasteiger partial charge in [0, 0.05) is 5.56 Å². The van der Waals surface area contributed by atoms with Gasteiger partial charge in [-0.2, -0.15) is 13.2 Å². The zero-order valence-corrected chi connectivity index (χ0v) is 12.6. The Balaban J connectivity index is 2.09. The van der Waals surface area contributed by atoms with Crippen molar-refractivity contribution in [1.82, 2.24) is 9.97 Å². The van der Waals surface area contributed by atoms with E-state index in [-0.39, 0.29) is 11.4 Å². The zero-order chi connectivity index (χ0) is 16.2. The molecule has 1 fully saturated rings. The maximum Gasteiger partial charge on any atom is 0.433 e. The SMILES string of the molecule is Cc1nc2c(c(C(F)(F)F)n1)C1(CCCC1)Oc1ccccc1-2. The second-order valence-corrected chi connectivity index (χ2v) is 6.14. The molecule has 2 aromatic rings. The van der Waals surface area contributed by atoms with Crippen molar-refractivity contribution in [2.75, 3.05) is 0 Å². The van der Waals surface area contributed by atoms with Crippen molar-refractivity contribution in [3.8, 4) is 17.0 Å². The van der Waals surface area contributed by atoms with Crippen LogP contribution >= 0.6 is 0 Å². The van der Waals surface area contributed by atoms with Crippen LogP contribution in [0.2, 0.25) is 0 Å². The Morgan fingerprint density at radius 3 is 2.48 bits per heavy atom. The quantitative estimate of drug-likeness (QED) is 0.710. The van der Waals surface area contributed by atoms with Gasteiger partial charge < -0.3 is 4.74 Å². The van der Waals surface area contributed by atoms with Gasteiger partial charge in [0.1, 0.15) is 17.2 Å². The maximum atomic E-state index is 13.6. The van der Waals surface area contributed by atoms with Crippen molar-refractivity contribution in [3.63, 3.8) is 0 Å². The van der Waals surface area contributed by atoms with Gasteiger partial charge in [0.15, 0.2) is 5.69 Å². The Labute approximate surface area is 131 Å². The molecule has 1 aromatic heterocycles. The predicted octanol–water partition coefficient (Wildman–Crippen LogP) is 4.63. The highest BCUT2D eigenvalue weighted by molar-refractivity contribution is 5.74. The Bertz CT molecular complexity index is 780. The average Bonchev–Trinajstić information content (AvgIpc) is 2.94. The Kier molecular flexibility index (Phi) is 2.95. The molecule has 1 spiro atoms. The first kappa shape index (κ1) is 14.5. The van der Waals surface area contributed by atoms with Gasteiger partial charge in [0.05, 0.1) is 11.3 Å². The molecule has 0 radical (unpaired) electrons. The fourth-order valence-electron chi connectivity index (χ4n) is 3.72. The lowest BCUT2D eigenvalue weighted by molar-refractivity contribution is -0.144. The van der Waals surface area contributed by atoms with E-state index in [2.05, 4.69) is 9.97 Å². The molecule has 2 heterocycles. The number of nitrogens with zero attached hydrogens (tertiary/aromatic N) is 2. The number of rotatable bonds is 0. The standard InChI is InChI=1S/C17H15F3N2O/c1-10-21-14-11-6-2-3-7-12(11)23-16(8-4-5-9-16)13(14)15(22-10)17(18,19)20/h2-3,6-7H,4-5,8-9H2,1H3. The van der Waals surface area contributed by atoms with Crippen LogP contribution in [-0.4, -0.2) is 9.97 Å². The molecule has 0 atom stereocenters. The van der Waals surface area contributed by atoms with E-state index in [4.69, 9.17) is 4.74 Å². The third kappa shape index (κ3) is 2.11. The summed E-state index contributed by atoms with van der Waals surface area (Å²) in [5, 5.41) is 0. The third-order valence-corrected chi connectivity index (χ3v) is 4.60. The highest BCUT2D eigenvalue weighted by atomic mass is 19.4. The topological polar surface area (TPSA) is 35.0 Å². The lowest BCUT2D eigenvalue weighted by atomic mass is 9.84. The van der Waals surface area contributed by atoms with Crippen LogP contribution in [0, 0.1) is 6.92 Å². The molecule has 1 saturated carbocycles. The minimum Gasteiger partial charge on any atom is -0.482 e. The molecular weight excluding hydrogens is 305 g/mol. The highest BCUT2D eigenvalue weighted by Crippen LogP contribution is 2.54. The summed E-state index contributed by atoms with van der Waals surface area (Å²) in [4.78, 5) is 8.09. The number of aromatic nitrogens is 2. The molecular formula is C17H15F3N2O. The fourth-order valence-corrected chi connectivity index (χ4v) is 3.72. The van der Waals surface area contributed by atoms with E-state index in [1.807, 2.05) is 6.07 Å². The predicted molar refractivity (Wildman–Crippen MR) is 78.0 cm³/mol. The van der Waals surface area contributed by atoms with Gasteiger partial charge in [-0.15, -0.1) is 0 Å². The molecule has 0 unspecified atom stereocenters. The number of halogens is 3. The normalized spacial score (nSPS) is 18.4. The number of hydrogen-bond acceptors (Lipinski definition) is 3. The summed E-state index contributed by atoms with van der Waals surface area (Å²) in [5.41, 5.74) is -0.713. The summed E-state index contributed by atoms with van der Waals surface area (Å²) in [6, 6.07) is 7.15. The molecule has 1 aliphatic carbocycles. The number of hydrogen-bond donors (Lipinski definition) is 0. The first-order chi connectivity index (χ1) is 10.9. The van der Waals surface area contributed by atoms with E-state index in [0.717, 1.165) is 12.8 Å². The fraction of sp³-hybridized carbons (Fsp3) is 0.412. The Hall–Kier alpha value is -2.11. The lowest BCUT2D eigenvalue weighted by Crippen LogP contribution is -2.37. The monoisotopic (exact) mass is 320 g/mol. The first-order valence-corrected chi connectivity index (χ1v) is 7.65. The van der Waals surface area contributed by atoms with Gasteiger partial charge in [0.25, 0.3) is 0 Å². The third-order valence-electron chi connectivity index (χ3n) is 4.60. The van der Waals surface area contributed by atoms with Crippen LogP contribution in [0.15, 0.2) is 24.3 Å². The highest BCUT2D eigenvalue weighted by Gasteiger charge is 2.51. The molecule has 0 amide bonds. The lowest BCUT2D eigenvalue weighted by Gasteiger charge is -2.38. The van der Waals surface area contributed by atoms with Crippen molar-refractivity contribution in [2.24, 2.45) is 0 Å². The van der Waals surface area contributed by atoms with Gasteiger partial charge >= 0.3 is 6.18 Å². The van der Waals surface area contributed by atoms with Crippen LogP contribution in [0.1, 0.15) is 42.8 Å². The minimum atomic E-state index is -4.52. The summed E-state index contributed by atoms with van der Waals surface area (Å²) in [6.07, 6.45) is -1.73. The maximum absolute atomic E-state index is 13.6. The molecule has 120 valence electrons. The summed E-state index contributed by atoms with van der Waals surface area (Å²) in [7, 11) is 0. The van der Waals surface area contributed by atoms with E-state index >= 15 is 0 Å². The van der Waals surface area contributed by atoms with Crippen LogP contribution in [0.4, 0.5) is 13.2 Å². The van der Waals surface area contributed by atoms with Gasteiger partial charge in [-0.3, -0.25) is 0 Å². The smallest absolute Gasteiger partial charge is 0.433 e. The van der Waals surface area contributed by atoms with E-state index < -0.39 is 17.5 Å². The molecule has 6 heteroatoms. The van der Waals surface area contributed by atoms with Crippen molar-refractivity contribution in [1.29, 1.82) is 0 Å². The van der Waals surface area contributed by atoms with E-state index in [9.17, 15) is 13.2 Å². The first-order valence-electron chi connectivity index (χ1n) is 7.65. The van der Waals surface area contributed by atoms with Gasteiger partial charge in [-0.25, -0.2) is 9.97 Å². The second kappa shape index (κ2) is 4.69. The Morgan fingerprint density at radius 2 is 1.78 bits per heavy atom. The number of para-hydroxylation sites is 1. The number of ether oxygens (including phenoxy) is 1. The number of fused-ring (bicyclic) bond motifs is 4.